The van der Waals surface area contributed by atoms with Crippen molar-refractivity contribution in [1.82, 2.24) is 0 Å². The van der Waals surface area contributed by atoms with E-state index in [1.54, 1.807) is 0 Å². The summed E-state index contributed by atoms with van der Waals surface area (Å²) < 4.78 is 2.96. The van der Waals surface area contributed by atoms with E-state index in [0.717, 1.165) is 11.4 Å². The molecule has 8 rings (SSSR count). The van der Waals surface area contributed by atoms with E-state index in [2.05, 4.69) is 169 Å². The van der Waals surface area contributed by atoms with E-state index in [-0.39, 0.29) is 0 Å². The predicted octanol–water partition coefficient (Wildman–Crippen LogP) is 11.0. The van der Waals surface area contributed by atoms with Crippen molar-refractivity contribution < 1.29 is 0 Å². The quantitative estimate of drug-likeness (QED) is 0.178. The Kier molecular flexibility index (Phi) is 6.22. The van der Waals surface area contributed by atoms with Crippen LogP contribution in [0.5, 0.6) is 0 Å². The van der Waals surface area contributed by atoms with Crippen LogP contribution < -0.4 is 4.90 Å². The fourth-order valence-electron chi connectivity index (χ4n) is 6.01. The summed E-state index contributed by atoms with van der Waals surface area (Å²) in [6.07, 6.45) is 0. The number of nitrogens with zero attached hydrogens (tertiary/aromatic N) is 1. The summed E-state index contributed by atoms with van der Waals surface area (Å²) >= 11 is 0.295. The maximum absolute atomic E-state index is 2.41. The third-order valence-corrected chi connectivity index (χ3v) is 10.6. The number of benzene rings is 7. The second-order valence-electron chi connectivity index (χ2n) is 10.6. The van der Waals surface area contributed by atoms with E-state index in [0.29, 0.717) is 14.5 Å². The molecular weight excluding hydrogens is 573 g/mol. The van der Waals surface area contributed by atoms with Crippen LogP contribution in [-0.4, -0.2) is 14.5 Å². The Morgan fingerprint density at radius 1 is 0.333 bits per heavy atom. The zero-order chi connectivity index (χ0) is 27.9. The van der Waals surface area contributed by atoms with Crippen molar-refractivity contribution in [2.24, 2.45) is 0 Å². The first kappa shape index (κ1) is 24.9. The van der Waals surface area contributed by atoms with E-state index in [4.69, 9.17) is 0 Å². The Labute approximate surface area is 251 Å². The van der Waals surface area contributed by atoms with Crippen molar-refractivity contribution in [3.63, 3.8) is 0 Å². The molecule has 42 heavy (non-hydrogen) atoms. The van der Waals surface area contributed by atoms with Crippen molar-refractivity contribution in [2.45, 2.75) is 0 Å². The molecule has 0 unspecified atom stereocenters. The molecule has 1 heterocycles. The maximum atomic E-state index is 2.41. The molecule has 0 aliphatic rings. The molecule has 7 aromatic carbocycles. The topological polar surface area (TPSA) is 3.24 Å². The van der Waals surface area contributed by atoms with E-state index in [1.807, 2.05) is 0 Å². The van der Waals surface area contributed by atoms with Crippen LogP contribution in [0.3, 0.4) is 0 Å². The first-order valence-corrected chi connectivity index (χ1v) is 16.0. The molecular formula is C40H27NSe. The molecule has 0 amide bonds. The van der Waals surface area contributed by atoms with Gasteiger partial charge in [0.2, 0.25) is 0 Å². The second kappa shape index (κ2) is 10.5. The molecule has 0 bridgehead atoms. The number of rotatable bonds is 5. The molecule has 0 atom stereocenters. The van der Waals surface area contributed by atoms with Crippen molar-refractivity contribution in [3.05, 3.63) is 164 Å². The Balaban J connectivity index is 1.31. The Morgan fingerprint density at radius 3 is 1.43 bits per heavy atom. The monoisotopic (exact) mass is 601 g/mol. The zero-order valence-corrected chi connectivity index (χ0v) is 24.7. The van der Waals surface area contributed by atoms with Gasteiger partial charge in [0.25, 0.3) is 0 Å². The van der Waals surface area contributed by atoms with Gasteiger partial charge in [0, 0.05) is 0 Å². The molecule has 1 aromatic heterocycles. The van der Waals surface area contributed by atoms with Crippen LogP contribution in [0.1, 0.15) is 0 Å². The molecule has 0 radical (unpaired) electrons. The molecule has 0 spiro atoms. The average molecular weight is 601 g/mol. The van der Waals surface area contributed by atoms with Gasteiger partial charge in [-0.05, 0) is 0 Å². The van der Waals surface area contributed by atoms with E-state index in [9.17, 15) is 0 Å². The standard InChI is InChI=1S/C40H27NSe/c1-3-10-28(11-4-1)30-18-22-32(23-19-30)41(33-24-20-31(21-25-33)29-12-5-2-6-13-29)38-16-9-15-36-34(38)26-27-37-35-14-7-8-17-39(35)42-40(36)37/h1-27H. The number of hydrogen-bond donors (Lipinski definition) is 0. The molecule has 0 saturated carbocycles. The zero-order valence-electron chi connectivity index (χ0n) is 22.9. The van der Waals surface area contributed by atoms with Gasteiger partial charge in [-0.2, -0.15) is 0 Å². The molecule has 198 valence electrons. The summed E-state index contributed by atoms with van der Waals surface area (Å²) in [7, 11) is 0. The Hall–Kier alpha value is -4.88. The Morgan fingerprint density at radius 2 is 0.810 bits per heavy atom. The summed E-state index contributed by atoms with van der Waals surface area (Å²) in [6, 6.07) is 59.5. The van der Waals surface area contributed by atoms with Gasteiger partial charge >= 0.3 is 240 Å². The number of fused-ring (bicyclic) bond motifs is 5. The fourth-order valence-corrected chi connectivity index (χ4v) is 8.59. The van der Waals surface area contributed by atoms with Crippen LogP contribution >= 0.6 is 0 Å². The minimum atomic E-state index is 0.295. The summed E-state index contributed by atoms with van der Waals surface area (Å²) in [4.78, 5) is 2.41. The molecule has 1 nitrogen and oxygen atoms in total. The van der Waals surface area contributed by atoms with Crippen LogP contribution in [0, 0.1) is 0 Å². The van der Waals surface area contributed by atoms with Crippen LogP contribution in [-0.2, 0) is 0 Å². The van der Waals surface area contributed by atoms with E-state index >= 15 is 0 Å². The Bertz CT molecular complexity index is 2080. The van der Waals surface area contributed by atoms with Crippen molar-refractivity contribution in [3.8, 4) is 22.3 Å². The van der Waals surface area contributed by atoms with Crippen molar-refractivity contribution >= 4 is 61.6 Å². The third kappa shape index (κ3) is 4.33. The molecule has 0 fully saturated rings. The van der Waals surface area contributed by atoms with Gasteiger partial charge in [0.15, 0.2) is 0 Å². The van der Waals surface area contributed by atoms with Gasteiger partial charge in [0.05, 0.1) is 0 Å². The van der Waals surface area contributed by atoms with Gasteiger partial charge in [0.1, 0.15) is 0 Å². The van der Waals surface area contributed by atoms with Crippen LogP contribution in [0.15, 0.2) is 164 Å². The first-order chi connectivity index (χ1) is 20.8. The van der Waals surface area contributed by atoms with Gasteiger partial charge in [-0.15, -0.1) is 0 Å². The number of anilines is 3. The minimum absolute atomic E-state index is 0.295. The van der Waals surface area contributed by atoms with Gasteiger partial charge in [-0.3, -0.25) is 0 Å². The van der Waals surface area contributed by atoms with Crippen molar-refractivity contribution in [1.29, 1.82) is 0 Å². The van der Waals surface area contributed by atoms with Crippen molar-refractivity contribution in [2.75, 3.05) is 4.90 Å². The fraction of sp³-hybridized carbons (Fsp3) is 0. The molecule has 8 aromatic rings. The molecule has 2 heteroatoms. The first-order valence-electron chi connectivity index (χ1n) is 14.3. The second-order valence-corrected chi connectivity index (χ2v) is 12.8. The molecule has 0 N–H and O–H groups in total. The molecule has 0 saturated heterocycles. The van der Waals surface area contributed by atoms with Crippen LogP contribution in [0.25, 0.3) is 52.3 Å². The van der Waals surface area contributed by atoms with Crippen LogP contribution in [0.4, 0.5) is 17.1 Å². The summed E-state index contributed by atoms with van der Waals surface area (Å²) in [6.45, 7) is 0. The SMILES string of the molecule is c1ccc(-c2ccc(N(c3ccc(-c4ccccc4)cc3)c3cccc4c3ccc3c5ccccc5[se]c43)cc2)cc1. The summed E-state index contributed by atoms with van der Waals surface area (Å²) in [5, 5.41) is 5.42. The molecule has 0 aliphatic heterocycles. The predicted molar refractivity (Wildman–Crippen MR) is 181 cm³/mol. The van der Waals surface area contributed by atoms with E-state index in [1.165, 1.54) is 58.0 Å². The average Bonchev–Trinajstić information content (AvgIpc) is 3.46. The molecule has 0 aliphatic carbocycles. The van der Waals surface area contributed by atoms with E-state index < -0.39 is 0 Å². The normalized spacial score (nSPS) is 11.3. The van der Waals surface area contributed by atoms with Gasteiger partial charge in [-0.1, -0.05) is 12.1 Å². The van der Waals surface area contributed by atoms with Gasteiger partial charge in [-0.25, -0.2) is 0 Å². The van der Waals surface area contributed by atoms with Crippen LogP contribution in [0.2, 0.25) is 0 Å². The number of hydrogen-bond acceptors (Lipinski definition) is 1. The van der Waals surface area contributed by atoms with Gasteiger partial charge < -0.3 is 0 Å². The summed E-state index contributed by atoms with van der Waals surface area (Å²) in [5.74, 6) is 0. The summed E-state index contributed by atoms with van der Waals surface area (Å²) in [5.41, 5.74) is 8.37. The third-order valence-electron chi connectivity index (χ3n) is 8.08.